The lowest BCUT2D eigenvalue weighted by Crippen LogP contribution is -2.45. The van der Waals surface area contributed by atoms with E-state index in [1.807, 2.05) is 0 Å². The van der Waals surface area contributed by atoms with Crippen LogP contribution in [-0.4, -0.2) is 24.0 Å². The Kier molecular flexibility index (Phi) is 8.23. The van der Waals surface area contributed by atoms with Crippen LogP contribution >= 0.6 is 0 Å². The third-order valence-corrected chi connectivity index (χ3v) is 2.69. The van der Waals surface area contributed by atoms with Crippen molar-refractivity contribution in [3.63, 3.8) is 0 Å². The van der Waals surface area contributed by atoms with Crippen LogP contribution in [0.4, 0.5) is 0 Å². The van der Waals surface area contributed by atoms with Gasteiger partial charge in [-0.05, 0) is 33.6 Å². The van der Waals surface area contributed by atoms with E-state index in [0.717, 1.165) is 19.3 Å². The molecule has 0 fully saturated rings. The fraction of sp³-hybridized carbons (Fsp3) is 0.929. The highest BCUT2D eigenvalue weighted by Crippen LogP contribution is 2.06. The zero-order chi connectivity index (χ0) is 13.3. The molecule has 0 saturated carbocycles. The van der Waals surface area contributed by atoms with E-state index in [1.54, 1.807) is 0 Å². The summed E-state index contributed by atoms with van der Waals surface area (Å²) in [6, 6.07) is 0.356. The first kappa shape index (κ1) is 16.4. The van der Waals surface area contributed by atoms with Crippen molar-refractivity contribution in [1.82, 2.24) is 10.6 Å². The number of carbonyl (C=O) groups excluding carboxylic acids is 1. The first-order chi connectivity index (χ1) is 7.89. The fourth-order valence-corrected chi connectivity index (χ4v) is 1.71. The topological polar surface area (TPSA) is 41.1 Å². The second-order valence-corrected chi connectivity index (χ2v) is 5.80. The average Bonchev–Trinajstić information content (AvgIpc) is 2.22. The number of nitrogens with one attached hydrogen (secondary N) is 2. The van der Waals surface area contributed by atoms with Crippen LogP contribution in [0.25, 0.3) is 0 Å². The van der Waals surface area contributed by atoms with Crippen molar-refractivity contribution in [1.29, 1.82) is 0 Å². The third-order valence-electron chi connectivity index (χ3n) is 2.69. The van der Waals surface area contributed by atoms with Gasteiger partial charge in [-0.15, -0.1) is 0 Å². The van der Waals surface area contributed by atoms with Gasteiger partial charge in [0, 0.05) is 11.6 Å². The minimum atomic E-state index is 0.00100. The fourth-order valence-electron chi connectivity index (χ4n) is 1.71. The molecule has 0 aromatic heterocycles. The van der Waals surface area contributed by atoms with E-state index >= 15 is 0 Å². The molecular weight excluding hydrogens is 212 g/mol. The molecule has 2 N–H and O–H groups in total. The second kappa shape index (κ2) is 8.51. The molecular formula is C14H30N2O. The van der Waals surface area contributed by atoms with Crippen LogP contribution in [-0.2, 0) is 4.79 Å². The lowest BCUT2D eigenvalue weighted by atomic mass is 10.1. The summed E-state index contributed by atoms with van der Waals surface area (Å²) in [5.74, 6) is 0.120. The van der Waals surface area contributed by atoms with Gasteiger partial charge in [-0.3, -0.25) is 4.79 Å². The maximum Gasteiger partial charge on any atom is 0.234 e. The van der Waals surface area contributed by atoms with Crippen LogP contribution in [0.2, 0.25) is 0 Å². The molecule has 1 amide bonds. The summed E-state index contributed by atoms with van der Waals surface area (Å²) in [6.45, 7) is 11.0. The Labute approximate surface area is 107 Å². The molecule has 0 saturated heterocycles. The maximum atomic E-state index is 11.8. The summed E-state index contributed by atoms with van der Waals surface area (Å²) in [4.78, 5) is 11.8. The van der Waals surface area contributed by atoms with E-state index in [9.17, 15) is 4.79 Å². The van der Waals surface area contributed by atoms with Crippen molar-refractivity contribution >= 4 is 5.91 Å². The van der Waals surface area contributed by atoms with E-state index in [-0.39, 0.29) is 11.4 Å². The van der Waals surface area contributed by atoms with E-state index in [2.05, 4.69) is 45.3 Å². The number of unbranched alkanes of at least 4 members (excludes halogenated alkanes) is 1. The second-order valence-electron chi connectivity index (χ2n) is 5.80. The molecule has 1 atom stereocenters. The van der Waals surface area contributed by atoms with Crippen molar-refractivity contribution in [2.45, 2.75) is 78.3 Å². The standard InChI is InChI=1S/C14H30N2O/c1-6-8-10-12(9-7-2)16-13(17)11-15-14(3,4)5/h12,15H,6-11H2,1-5H3,(H,16,17). The maximum absolute atomic E-state index is 11.8. The molecule has 0 aliphatic rings. The lowest BCUT2D eigenvalue weighted by Gasteiger charge is -2.22. The van der Waals surface area contributed by atoms with Gasteiger partial charge in [0.2, 0.25) is 5.91 Å². The summed E-state index contributed by atoms with van der Waals surface area (Å²) in [6.07, 6.45) is 5.70. The molecule has 17 heavy (non-hydrogen) atoms. The van der Waals surface area contributed by atoms with Gasteiger partial charge in [-0.1, -0.05) is 33.1 Å². The SMILES string of the molecule is CCCCC(CCC)NC(=O)CNC(C)(C)C. The van der Waals surface area contributed by atoms with Gasteiger partial charge in [-0.2, -0.15) is 0 Å². The highest BCUT2D eigenvalue weighted by Gasteiger charge is 2.14. The summed E-state index contributed by atoms with van der Waals surface area (Å²) >= 11 is 0. The van der Waals surface area contributed by atoms with Gasteiger partial charge >= 0.3 is 0 Å². The Hall–Kier alpha value is -0.570. The molecule has 102 valence electrons. The van der Waals surface area contributed by atoms with Crippen molar-refractivity contribution in [2.75, 3.05) is 6.54 Å². The van der Waals surface area contributed by atoms with Crippen molar-refractivity contribution in [2.24, 2.45) is 0 Å². The summed E-state index contributed by atoms with van der Waals surface area (Å²) < 4.78 is 0. The highest BCUT2D eigenvalue weighted by molar-refractivity contribution is 5.78. The molecule has 0 aromatic rings. The Balaban J connectivity index is 3.94. The third kappa shape index (κ3) is 10.3. The molecule has 0 rings (SSSR count). The smallest absolute Gasteiger partial charge is 0.234 e. The van der Waals surface area contributed by atoms with Gasteiger partial charge in [0.05, 0.1) is 6.54 Å². The van der Waals surface area contributed by atoms with Crippen molar-refractivity contribution in [3.05, 3.63) is 0 Å². The van der Waals surface area contributed by atoms with Crippen LogP contribution in [0, 0.1) is 0 Å². The van der Waals surface area contributed by atoms with E-state index in [0.29, 0.717) is 12.6 Å². The summed E-state index contributed by atoms with van der Waals surface area (Å²) in [5, 5.41) is 6.34. The molecule has 0 heterocycles. The molecule has 1 unspecified atom stereocenters. The normalized spacial score (nSPS) is 13.5. The highest BCUT2D eigenvalue weighted by atomic mass is 16.2. The number of rotatable bonds is 8. The van der Waals surface area contributed by atoms with Crippen LogP contribution in [0.3, 0.4) is 0 Å². The largest absolute Gasteiger partial charge is 0.352 e. The first-order valence-electron chi connectivity index (χ1n) is 6.93. The quantitative estimate of drug-likeness (QED) is 0.687. The Bertz CT molecular complexity index is 209. The molecule has 0 aromatic carbocycles. The molecule has 3 nitrogen and oxygen atoms in total. The van der Waals surface area contributed by atoms with Crippen LogP contribution in [0.1, 0.15) is 66.7 Å². The Morgan fingerprint density at radius 3 is 2.24 bits per heavy atom. The average molecular weight is 242 g/mol. The van der Waals surface area contributed by atoms with E-state index < -0.39 is 0 Å². The van der Waals surface area contributed by atoms with E-state index in [1.165, 1.54) is 12.8 Å². The molecule has 0 aliphatic carbocycles. The summed E-state index contributed by atoms with van der Waals surface area (Å²) in [5.41, 5.74) is 0.00100. The van der Waals surface area contributed by atoms with Crippen LogP contribution < -0.4 is 10.6 Å². The molecule has 0 spiro atoms. The number of hydrogen-bond acceptors (Lipinski definition) is 2. The Morgan fingerprint density at radius 1 is 1.12 bits per heavy atom. The molecule has 0 radical (unpaired) electrons. The molecule has 3 heteroatoms. The predicted octanol–water partition coefficient (Wildman–Crippen LogP) is 2.85. The zero-order valence-corrected chi connectivity index (χ0v) is 12.2. The van der Waals surface area contributed by atoms with Crippen LogP contribution in [0.5, 0.6) is 0 Å². The lowest BCUT2D eigenvalue weighted by molar-refractivity contribution is -0.121. The van der Waals surface area contributed by atoms with Gasteiger partial charge in [-0.25, -0.2) is 0 Å². The number of hydrogen-bond donors (Lipinski definition) is 2. The predicted molar refractivity (Wildman–Crippen MR) is 74.1 cm³/mol. The van der Waals surface area contributed by atoms with Gasteiger partial charge in [0.1, 0.15) is 0 Å². The van der Waals surface area contributed by atoms with E-state index in [4.69, 9.17) is 0 Å². The first-order valence-corrected chi connectivity index (χ1v) is 6.93. The minimum Gasteiger partial charge on any atom is -0.352 e. The Morgan fingerprint density at radius 2 is 1.76 bits per heavy atom. The molecule has 0 bridgehead atoms. The summed E-state index contributed by atoms with van der Waals surface area (Å²) in [7, 11) is 0. The zero-order valence-electron chi connectivity index (χ0n) is 12.2. The minimum absolute atomic E-state index is 0.00100. The van der Waals surface area contributed by atoms with Crippen LogP contribution in [0.15, 0.2) is 0 Å². The number of amides is 1. The van der Waals surface area contributed by atoms with Gasteiger partial charge < -0.3 is 10.6 Å². The van der Waals surface area contributed by atoms with Crippen molar-refractivity contribution in [3.8, 4) is 0 Å². The number of carbonyl (C=O) groups is 1. The molecule has 0 aliphatic heterocycles. The monoisotopic (exact) mass is 242 g/mol. The van der Waals surface area contributed by atoms with Crippen molar-refractivity contribution < 1.29 is 4.79 Å². The van der Waals surface area contributed by atoms with Gasteiger partial charge in [0.15, 0.2) is 0 Å². The van der Waals surface area contributed by atoms with Gasteiger partial charge in [0.25, 0.3) is 0 Å².